The average Bonchev–Trinajstić information content (AvgIpc) is 2.70. The molecular formula is C21H26ClN3O3. The van der Waals surface area contributed by atoms with Crippen molar-refractivity contribution in [2.45, 2.75) is 18.9 Å². The number of nitrogens with two attached hydrogens (primary N) is 1. The summed E-state index contributed by atoms with van der Waals surface area (Å²) >= 11 is 0. The summed E-state index contributed by atoms with van der Waals surface area (Å²) in [6, 6.07) is 16.5. The van der Waals surface area contributed by atoms with E-state index in [9.17, 15) is 9.59 Å². The predicted molar refractivity (Wildman–Crippen MR) is 111 cm³/mol. The Balaban J connectivity index is 0.00000280. The summed E-state index contributed by atoms with van der Waals surface area (Å²) in [6.45, 7) is 4.15. The average molecular weight is 404 g/mol. The first-order valence-corrected chi connectivity index (χ1v) is 9.07. The summed E-state index contributed by atoms with van der Waals surface area (Å²) in [5.74, 6) is -0.195. The first kappa shape index (κ1) is 21.9. The minimum atomic E-state index is -1.13. The SMILES string of the molecule is CC(N)(C(=O)Nc1ccc(CC(=O)N2CCOCC2)cc1)c1ccccc1.Cl. The van der Waals surface area contributed by atoms with Crippen LogP contribution in [0.1, 0.15) is 18.1 Å². The van der Waals surface area contributed by atoms with E-state index in [1.807, 2.05) is 47.4 Å². The number of halogens is 1. The van der Waals surface area contributed by atoms with Crippen molar-refractivity contribution >= 4 is 29.9 Å². The van der Waals surface area contributed by atoms with E-state index in [2.05, 4.69) is 5.32 Å². The molecule has 1 unspecified atom stereocenters. The molecule has 3 N–H and O–H groups in total. The van der Waals surface area contributed by atoms with Gasteiger partial charge >= 0.3 is 0 Å². The fourth-order valence-corrected chi connectivity index (χ4v) is 2.98. The van der Waals surface area contributed by atoms with E-state index in [-0.39, 0.29) is 24.2 Å². The van der Waals surface area contributed by atoms with Crippen molar-refractivity contribution in [3.63, 3.8) is 0 Å². The van der Waals surface area contributed by atoms with Crippen LogP contribution in [0, 0.1) is 0 Å². The Morgan fingerprint density at radius 3 is 2.29 bits per heavy atom. The summed E-state index contributed by atoms with van der Waals surface area (Å²) < 4.78 is 5.27. The van der Waals surface area contributed by atoms with Crippen LogP contribution in [0.3, 0.4) is 0 Å². The molecule has 3 rings (SSSR count). The third kappa shape index (κ3) is 5.32. The van der Waals surface area contributed by atoms with E-state index in [0.29, 0.717) is 38.4 Å². The van der Waals surface area contributed by atoms with Gasteiger partial charge in [-0.3, -0.25) is 9.59 Å². The van der Waals surface area contributed by atoms with Gasteiger partial charge in [0.1, 0.15) is 5.54 Å². The Labute approximate surface area is 171 Å². The number of nitrogens with zero attached hydrogens (tertiary/aromatic N) is 1. The lowest BCUT2D eigenvalue weighted by atomic mass is 9.92. The molecule has 0 radical (unpaired) electrons. The number of carbonyl (C=O) groups excluding carboxylic acids is 2. The van der Waals surface area contributed by atoms with Gasteiger partial charge < -0.3 is 20.7 Å². The van der Waals surface area contributed by atoms with Gasteiger partial charge in [-0.1, -0.05) is 42.5 Å². The zero-order valence-electron chi connectivity index (χ0n) is 15.9. The highest BCUT2D eigenvalue weighted by atomic mass is 35.5. The number of hydrogen-bond acceptors (Lipinski definition) is 4. The van der Waals surface area contributed by atoms with E-state index in [4.69, 9.17) is 10.5 Å². The van der Waals surface area contributed by atoms with Crippen LogP contribution in [0.25, 0.3) is 0 Å². The lowest BCUT2D eigenvalue weighted by Crippen LogP contribution is -2.45. The second kappa shape index (κ2) is 9.68. The smallest absolute Gasteiger partial charge is 0.248 e. The Morgan fingerprint density at radius 2 is 1.68 bits per heavy atom. The minimum absolute atomic E-state index is 0. The quantitative estimate of drug-likeness (QED) is 0.802. The van der Waals surface area contributed by atoms with Crippen LogP contribution in [0.15, 0.2) is 54.6 Å². The lowest BCUT2D eigenvalue weighted by molar-refractivity contribution is -0.134. The standard InChI is InChI=1S/C21H25N3O3.ClH/c1-21(22,17-5-3-2-4-6-17)20(26)23-18-9-7-16(8-10-18)15-19(25)24-11-13-27-14-12-24;/h2-10H,11-15,22H2,1H3,(H,23,26);1H. The molecule has 0 spiro atoms. The van der Waals surface area contributed by atoms with Crippen molar-refractivity contribution in [3.05, 3.63) is 65.7 Å². The molecule has 1 aliphatic rings. The van der Waals surface area contributed by atoms with Crippen LogP contribution in [-0.2, 0) is 26.3 Å². The number of hydrogen-bond donors (Lipinski definition) is 2. The van der Waals surface area contributed by atoms with E-state index in [0.717, 1.165) is 11.1 Å². The van der Waals surface area contributed by atoms with Gasteiger partial charge in [-0.2, -0.15) is 0 Å². The second-order valence-electron chi connectivity index (χ2n) is 6.89. The highest BCUT2D eigenvalue weighted by Crippen LogP contribution is 2.20. The summed E-state index contributed by atoms with van der Waals surface area (Å²) in [4.78, 5) is 26.7. The molecule has 28 heavy (non-hydrogen) atoms. The Kier molecular flexibility index (Phi) is 7.57. The van der Waals surface area contributed by atoms with E-state index >= 15 is 0 Å². The summed E-state index contributed by atoms with van der Waals surface area (Å²) in [5.41, 5.74) is 7.40. The topological polar surface area (TPSA) is 84.7 Å². The van der Waals surface area contributed by atoms with Gasteiger partial charge in [0.25, 0.3) is 0 Å². The maximum absolute atomic E-state index is 12.6. The normalized spacial score (nSPS) is 15.9. The van der Waals surface area contributed by atoms with Crippen molar-refractivity contribution < 1.29 is 14.3 Å². The molecule has 1 heterocycles. The first-order valence-electron chi connectivity index (χ1n) is 9.07. The number of ether oxygens (including phenoxy) is 1. The van der Waals surface area contributed by atoms with Gasteiger partial charge in [-0.25, -0.2) is 0 Å². The number of benzene rings is 2. The van der Waals surface area contributed by atoms with Crippen LogP contribution in [0.2, 0.25) is 0 Å². The Morgan fingerprint density at radius 1 is 1.07 bits per heavy atom. The van der Waals surface area contributed by atoms with Crippen LogP contribution in [0.5, 0.6) is 0 Å². The molecule has 1 aliphatic heterocycles. The maximum atomic E-state index is 12.6. The van der Waals surface area contributed by atoms with Gasteiger partial charge in [-0.15, -0.1) is 12.4 Å². The molecule has 2 amide bonds. The molecule has 7 heteroatoms. The van der Waals surface area contributed by atoms with Gasteiger partial charge in [0, 0.05) is 18.8 Å². The number of amides is 2. The molecule has 150 valence electrons. The van der Waals surface area contributed by atoms with Crippen molar-refractivity contribution in [1.82, 2.24) is 4.90 Å². The maximum Gasteiger partial charge on any atom is 0.248 e. The summed E-state index contributed by atoms with van der Waals surface area (Å²) in [7, 11) is 0. The van der Waals surface area contributed by atoms with E-state index < -0.39 is 5.54 Å². The molecule has 1 saturated heterocycles. The monoisotopic (exact) mass is 403 g/mol. The van der Waals surface area contributed by atoms with E-state index in [1.165, 1.54) is 0 Å². The summed E-state index contributed by atoms with van der Waals surface area (Å²) in [6.07, 6.45) is 0.340. The Hall–Kier alpha value is -2.41. The lowest BCUT2D eigenvalue weighted by Gasteiger charge is -2.27. The number of nitrogens with one attached hydrogen (secondary N) is 1. The second-order valence-corrected chi connectivity index (χ2v) is 6.89. The van der Waals surface area contributed by atoms with Crippen LogP contribution >= 0.6 is 12.4 Å². The highest BCUT2D eigenvalue weighted by molar-refractivity contribution is 5.98. The molecule has 0 aromatic heterocycles. The first-order chi connectivity index (χ1) is 13.0. The van der Waals surface area contributed by atoms with Crippen molar-refractivity contribution in [2.24, 2.45) is 5.73 Å². The highest BCUT2D eigenvalue weighted by Gasteiger charge is 2.30. The zero-order chi connectivity index (χ0) is 19.3. The number of carbonyl (C=O) groups is 2. The van der Waals surface area contributed by atoms with Gasteiger partial charge in [0.2, 0.25) is 11.8 Å². The molecule has 6 nitrogen and oxygen atoms in total. The van der Waals surface area contributed by atoms with Crippen LogP contribution in [0.4, 0.5) is 5.69 Å². The third-order valence-electron chi connectivity index (χ3n) is 4.78. The third-order valence-corrected chi connectivity index (χ3v) is 4.78. The molecule has 0 aliphatic carbocycles. The molecule has 0 bridgehead atoms. The fraction of sp³-hybridized carbons (Fsp3) is 0.333. The van der Waals surface area contributed by atoms with Crippen molar-refractivity contribution in [1.29, 1.82) is 0 Å². The van der Waals surface area contributed by atoms with Gasteiger partial charge in [0.15, 0.2) is 0 Å². The zero-order valence-corrected chi connectivity index (χ0v) is 16.7. The predicted octanol–water partition coefficient (Wildman–Crippen LogP) is 2.32. The van der Waals surface area contributed by atoms with Gasteiger partial charge in [0.05, 0.1) is 19.6 Å². The molecule has 2 aromatic carbocycles. The molecule has 0 saturated carbocycles. The number of anilines is 1. The van der Waals surface area contributed by atoms with Gasteiger partial charge in [-0.05, 0) is 30.2 Å². The molecular weight excluding hydrogens is 378 g/mol. The Bertz CT molecular complexity index is 788. The number of rotatable bonds is 5. The fourth-order valence-electron chi connectivity index (χ4n) is 2.98. The summed E-state index contributed by atoms with van der Waals surface area (Å²) in [5, 5.41) is 2.85. The minimum Gasteiger partial charge on any atom is -0.378 e. The molecule has 1 fully saturated rings. The molecule has 1 atom stereocenters. The van der Waals surface area contributed by atoms with E-state index in [1.54, 1.807) is 19.1 Å². The molecule has 2 aromatic rings. The van der Waals surface area contributed by atoms with Crippen molar-refractivity contribution in [3.8, 4) is 0 Å². The van der Waals surface area contributed by atoms with Crippen LogP contribution in [-0.4, -0.2) is 43.0 Å². The number of morpholine rings is 1. The van der Waals surface area contributed by atoms with Crippen molar-refractivity contribution in [2.75, 3.05) is 31.6 Å². The van der Waals surface area contributed by atoms with Crippen LogP contribution < -0.4 is 11.1 Å². The largest absolute Gasteiger partial charge is 0.378 e.